The third-order valence-electron chi connectivity index (χ3n) is 4.16. The molecule has 4 rings (SSSR count). The van der Waals surface area contributed by atoms with Crippen molar-refractivity contribution < 1.29 is 22.7 Å². The fourth-order valence-electron chi connectivity index (χ4n) is 2.68. The smallest absolute Gasteiger partial charge is 0.350 e. The van der Waals surface area contributed by atoms with Crippen LogP contribution in [-0.2, 0) is 6.54 Å². The second-order valence-electron chi connectivity index (χ2n) is 6.01. The van der Waals surface area contributed by atoms with Crippen LogP contribution >= 0.6 is 11.3 Å². The maximum Gasteiger partial charge on any atom is 0.350 e. The van der Waals surface area contributed by atoms with Gasteiger partial charge in [-0.25, -0.2) is 22.9 Å². The number of halogens is 3. The van der Waals surface area contributed by atoms with E-state index in [0.29, 0.717) is 6.29 Å². The Balaban J connectivity index is 1.61. The largest absolute Gasteiger partial charge is 0.434 e. The summed E-state index contributed by atoms with van der Waals surface area (Å²) in [6.07, 6.45) is 1.64. The number of aldehydes is 1. The van der Waals surface area contributed by atoms with Gasteiger partial charge in [0.15, 0.2) is 17.9 Å². The third kappa shape index (κ3) is 3.62. The van der Waals surface area contributed by atoms with Crippen LogP contribution in [0.2, 0.25) is 0 Å². The van der Waals surface area contributed by atoms with Gasteiger partial charge in [-0.15, -0.1) is 11.3 Å². The van der Waals surface area contributed by atoms with E-state index in [1.165, 1.54) is 23.7 Å². The molecule has 0 N–H and O–H groups in total. The second-order valence-corrected chi connectivity index (χ2v) is 6.90. The highest BCUT2D eigenvalue weighted by Gasteiger charge is 2.16. The molecule has 30 heavy (non-hydrogen) atoms. The van der Waals surface area contributed by atoms with Gasteiger partial charge < -0.3 is 4.74 Å². The van der Waals surface area contributed by atoms with Crippen molar-refractivity contribution >= 4 is 17.6 Å². The Morgan fingerprint density at radius 3 is 2.57 bits per heavy atom. The first-order chi connectivity index (χ1) is 14.5. The van der Waals surface area contributed by atoms with Crippen molar-refractivity contribution in [3.05, 3.63) is 86.6 Å². The fraction of sp³-hybridized carbons (Fsp3) is 0.0526. The zero-order valence-corrected chi connectivity index (χ0v) is 15.8. The summed E-state index contributed by atoms with van der Waals surface area (Å²) >= 11 is 1.04. The number of aromatic nitrogens is 4. The van der Waals surface area contributed by atoms with Crippen molar-refractivity contribution in [1.29, 1.82) is 0 Å². The predicted molar refractivity (Wildman–Crippen MR) is 101 cm³/mol. The standard InChI is InChI=1S/C19H11F3N4O3S/c20-13-2-1-3-14(21)12(13)7-25-9-24-26(19(25)28)11-4-5-16(15(22)6-11)29-18-17(8-27)30-10-23-18/h1-6,8-10H,7H2. The van der Waals surface area contributed by atoms with Crippen LogP contribution in [0.4, 0.5) is 13.2 Å². The number of rotatable bonds is 6. The van der Waals surface area contributed by atoms with Crippen LogP contribution in [0.5, 0.6) is 11.6 Å². The molecule has 0 saturated carbocycles. The van der Waals surface area contributed by atoms with Crippen LogP contribution in [-0.4, -0.2) is 25.6 Å². The van der Waals surface area contributed by atoms with Crippen LogP contribution in [0.25, 0.3) is 5.69 Å². The lowest BCUT2D eigenvalue weighted by atomic mass is 10.2. The molecule has 2 aromatic carbocycles. The van der Waals surface area contributed by atoms with Crippen LogP contribution in [0, 0.1) is 17.5 Å². The molecule has 152 valence electrons. The van der Waals surface area contributed by atoms with Crippen LogP contribution < -0.4 is 10.4 Å². The van der Waals surface area contributed by atoms with Gasteiger partial charge in [0, 0.05) is 11.6 Å². The monoisotopic (exact) mass is 432 g/mol. The van der Waals surface area contributed by atoms with Crippen molar-refractivity contribution in [3.8, 4) is 17.3 Å². The number of nitrogens with zero attached hydrogens (tertiary/aromatic N) is 4. The molecule has 0 aliphatic heterocycles. The van der Waals surface area contributed by atoms with Crippen molar-refractivity contribution in [1.82, 2.24) is 19.3 Å². The van der Waals surface area contributed by atoms with Crippen molar-refractivity contribution in [2.45, 2.75) is 6.54 Å². The maximum atomic E-state index is 14.5. The third-order valence-corrected chi connectivity index (χ3v) is 4.89. The summed E-state index contributed by atoms with van der Waals surface area (Å²) in [5.74, 6) is -2.64. The molecule has 11 heteroatoms. The van der Waals surface area contributed by atoms with E-state index in [1.54, 1.807) is 0 Å². The lowest BCUT2D eigenvalue weighted by Crippen LogP contribution is -2.24. The van der Waals surface area contributed by atoms with Gasteiger partial charge in [0.05, 0.1) is 17.7 Å². The van der Waals surface area contributed by atoms with Gasteiger partial charge in [-0.1, -0.05) is 6.07 Å². The van der Waals surface area contributed by atoms with Crippen molar-refractivity contribution in [2.75, 3.05) is 0 Å². The summed E-state index contributed by atoms with van der Waals surface area (Å²) in [6.45, 7) is -0.376. The molecular formula is C19H11F3N4O3S. The Labute approximate surface area is 170 Å². The summed E-state index contributed by atoms with van der Waals surface area (Å²) in [5.41, 5.74) is 0.457. The van der Waals surface area contributed by atoms with Gasteiger partial charge in [0.2, 0.25) is 5.88 Å². The molecule has 0 aliphatic carbocycles. The molecule has 7 nitrogen and oxygen atoms in total. The molecule has 2 heterocycles. The second kappa shape index (κ2) is 7.95. The molecule has 2 aromatic heterocycles. The molecular weight excluding hydrogens is 421 g/mol. The van der Waals surface area contributed by atoms with Gasteiger partial charge in [-0.3, -0.25) is 9.36 Å². The van der Waals surface area contributed by atoms with E-state index in [9.17, 15) is 22.8 Å². The summed E-state index contributed by atoms with van der Waals surface area (Å²) in [4.78, 5) is 27.5. The summed E-state index contributed by atoms with van der Waals surface area (Å²) in [7, 11) is 0. The van der Waals surface area contributed by atoms with Crippen LogP contribution in [0.15, 0.2) is 53.0 Å². The first kappa shape index (κ1) is 19.6. The van der Waals surface area contributed by atoms with Crippen LogP contribution in [0.1, 0.15) is 15.2 Å². The number of carbonyl (C=O) groups excluding carboxylic acids is 1. The predicted octanol–water partition coefficient (Wildman–Crippen LogP) is 3.56. The molecule has 0 saturated heterocycles. The first-order valence-electron chi connectivity index (χ1n) is 8.41. The van der Waals surface area contributed by atoms with E-state index in [2.05, 4.69) is 10.1 Å². The summed E-state index contributed by atoms with van der Waals surface area (Å²) in [6, 6.07) is 7.01. The van der Waals surface area contributed by atoms with Gasteiger partial charge in [-0.2, -0.15) is 9.78 Å². The van der Waals surface area contributed by atoms with E-state index in [-0.39, 0.29) is 34.3 Å². The minimum atomic E-state index is -0.820. The van der Waals surface area contributed by atoms with Gasteiger partial charge >= 0.3 is 5.69 Å². The molecule has 0 amide bonds. The Morgan fingerprint density at radius 1 is 1.10 bits per heavy atom. The van der Waals surface area contributed by atoms with Crippen molar-refractivity contribution in [3.63, 3.8) is 0 Å². The molecule has 0 bridgehead atoms. The molecule has 0 unspecified atom stereocenters. The van der Waals surface area contributed by atoms with E-state index in [4.69, 9.17) is 4.74 Å². The highest BCUT2D eigenvalue weighted by Crippen LogP contribution is 2.28. The van der Waals surface area contributed by atoms with Gasteiger partial charge in [-0.05, 0) is 24.3 Å². The average molecular weight is 432 g/mol. The Kier molecular flexibility index (Phi) is 5.19. The molecule has 0 fully saturated rings. The number of hydrogen-bond acceptors (Lipinski definition) is 6. The topological polar surface area (TPSA) is 79.0 Å². The SMILES string of the molecule is O=Cc1scnc1Oc1ccc(-n2ncn(Cc3c(F)cccc3F)c2=O)cc1F. The summed E-state index contributed by atoms with van der Waals surface area (Å²) < 4.78 is 49.3. The van der Waals surface area contributed by atoms with E-state index in [1.807, 2.05) is 0 Å². The number of thiazole rings is 1. The normalized spacial score (nSPS) is 10.9. The number of benzene rings is 2. The zero-order valence-electron chi connectivity index (χ0n) is 15.0. The van der Waals surface area contributed by atoms with Crippen LogP contribution in [0.3, 0.4) is 0 Å². The zero-order chi connectivity index (χ0) is 21.3. The van der Waals surface area contributed by atoms with Gasteiger partial charge in [0.25, 0.3) is 0 Å². The molecule has 0 spiro atoms. The average Bonchev–Trinajstić information content (AvgIpc) is 3.32. The van der Waals surface area contributed by atoms with Crippen molar-refractivity contribution in [2.24, 2.45) is 0 Å². The maximum absolute atomic E-state index is 14.5. The van der Waals surface area contributed by atoms with E-state index >= 15 is 0 Å². The van der Waals surface area contributed by atoms with E-state index in [0.717, 1.165) is 45.1 Å². The number of ether oxygens (including phenoxy) is 1. The Bertz CT molecular complexity index is 1280. The lowest BCUT2D eigenvalue weighted by molar-refractivity contribution is 0.112. The minimum Gasteiger partial charge on any atom is -0.434 e. The minimum absolute atomic E-state index is 0.0324. The first-order valence-corrected chi connectivity index (χ1v) is 9.29. The van der Waals surface area contributed by atoms with Gasteiger partial charge in [0.1, 0.15) is 22.8 Å². The molecule has 4 aromatic rings. The number of carbonyl (C=O) groups is 1. The molecule has 0 atom stereocenters. The summed E-state index contributed by atoms with van der Waals surface area (Å²) in [5, 5.41) is 3.87. The highest BCUT2D eigenvalue weighted by atomic mass is 32.1. The highest BCUT2D eigenvalue weighted by molar-refractivity contribution is 7.11. The van der Waals surface area contributed by atoms with E-state index < -0.39 is 23.1 Å². The fourth-order valence-corrected chi connectivity index (χ4v) is 3.19. The number of hydrogen-bond donors (Lipinski definition) is 0. The Hall–Kier alpha value is -3.73. The molecule has 0 radical (unpaired) electrons. The quantitative estimate of drug-likeness (QED) is 0.436. The molecule has 0 aliphatic rings. The lowest BCUT2D eigenvalue weighted by Gasteiger charge is -2.07. The Morgan fingerprint density at radius 2 is 1.87 bits per heavy atom.